The number of fused-ring (bicyclic) bond motifs is 3. The van der Waals surface area contributed by atoms with Gasteiger partial charge in [-0.3, -0.25) is 14.4 Å². The number of hydrogen-bond donors (Lipinski definition) is 0. The first-order valence-electron chi connectivity index (χ1n) is 15.2. The molecule has 3 rings (SSSR count). The molecule has 2 bridgehead atoms. The average Bonchev–Trinajstić information content (AvgIpc) is 2.85. The molecule has 0 radical (unpaired) electrons. The SMILES string of the molecule is CCC(C)C(=O)[C@@]12C(=O)C3=C(OC(C)(C)C=C3)[C@@](CC=C(C)C)(C[C@H](CC=C(C)C)[C@@]1(C)CCC=C(C)C)C2=O. The Balaban J connectivity index is 2.49. The highest BCUT2D eigenvalue weighted by atomic mass is 16.5. The maximum absolute atomic E-state index is 15.4. The highest BCUT2D eigenvalue weighted by Gasteiger charge is 2.76. The van der Waals surface area contributed by atoms with Gasteiger partial charge < -0.3 is 4.74 Å². The summed E-state index contributed by atoms with van der Waals surface area (Å²) in [5.41, 5.74) is -0.404. The van der Waals surface area contributed by atoms with E-state index in [9.17, 15) is 9.59 Å². The van der Waals surface area contributed by atoms with Crippen molar-refractivity contribution >= 4 is 17.3 Å². The van der Waals surface area contributed by atoms with Crippen molar-refractivity contribution in [1.82, 2.24) is 0 Å². The van der Waals surface area contributed by atoms with E-state index in [0.29, 0.717) is 49.9 Å². The minimum absolute atomic E-state index is 0.0557. The predicted octanol–water partition coefficient (Wildman–Crippen LogP) is 8.83. The summed E-state index contributed by atoms with van der Waals surface area (Å²) in [6.45, 7) is 22.2. The molecular weight excluding hydrogens is 496 g/mol. The normalized spacial score (nSPS) is 31.1. The molecular formula is C36H52O4. The molecule has 4 heteroatoms. The van der Waals surface area contributed by atoms with E-state index >= 15 is 4.79 Å². The Morgan fingerprint density at radius 2 is 1.60 bits per heavy atom. The minimum atomic E-state index is -1.75. The second kappa shape index (κ2) is 11.4. The molecule has 0 N–H and O–H groups in total. The lowest BCUT2D eigenvalue weighted by Gasteiger charge is -2.62. The van der Waals surface area contributed by atoms with Crippen molar-refractivity contribution in [3.63, 3.8) is 0 Å². The molecule has 0 saturated heterocycles. The van der Waals surface area contributed by atoms with Crippen LogP contribution in [0.5, 0.6) is 0 Å². The molecule has 1 saturated carbocycles. The maximum atomic E-state index is 15.4. The highest BCUT2D eigenvalue weighted by molar-refractivity contribution is 6.34. The zero-order valence-electron chi connectivity index (χ0n) is 26.9. The van der Waals surface area contributed by atoms with Crippen LogP contribution in [0.1, 0.15) is 115 Å². The van der Waals surface area contributed by atoms with Crippen molar-refractivity contribution in [1.29, 1.82) is 0 Å². The molecule has 0 aromatic heterocycles. The fourth-order valence-corrected chi connectivity index (χ4v) is 7.15. The van der Waals surface area contributed by atoms with Crippen molar-refractivity contribution in [2.24, 2.45) is 28.1 Å². The van der Waals surface area contributed by atoms with Crippen LogP contribution in [0.2, 0.25) is 0 Å². The largest absolute Gasteiger partial charge is 0.486 e. The van der Waals surface area contributed by atoms with Gasteiger partial charge in [-0.1, -0.05) is 55.7 Å². The van der Waals surface area contributed by atoms with Gasteiger partial charge in [-0.05, 0) is 117 Å². The molecule has 4 nitrogen and oxygen atoms in total. The van der Waals surface area contributed by atoms with Gasteiger partial charge in [-0.2, -0.15) is 0 Å². The minimum Gasteiger partial charge on any atom is -0.486 e. The monoisotopic (exact) mass is 548 g/mol. The van der Waals surface area contributed by atoms with Crippen LogP contribution in [-0.4, -0.2) is 23.0 Å². The molecule has 40 heavy (non-hydrogen) atoms. The molecule has 220 valence electrons. The smallest absolute Gasteiger partial charge is 0.187 e. The second-order valence-corrected chi connectivity index (χ2v) is 14.1. The standard InChI is InChI=1S/C36H52O4/c1-12-26(8)29(37)36-30(38)28-18-20-33(9,10)40-31(28)35(32(36)39,21-17-25(6)7)22-27(16-15-24(4)5)34(36,11)19-13-14-23(2)3/h14-15,17-18,20,26-27H,12-13,16,19,21-22H2,1-11H3/t26?,27-,34+,35+,36-/m0/s1. The molecule has 1 fully saturated rings. The number of Topliss-reactive ketones (excluding diaryl/α,β-unsaturated/α-hetero) is 3. The summed E-state index contributed by atoms with van der Waals surface area (Å²) in [7, 11) is 0. The summed E-state index contributed by atoms with van der Waals surface area (Å²) in [5, 5.41) is 0. The lowest BCUT2D eigenvalue weighted by molar-refractivity contribution is -0.182. The van der Waals surface area contributed by atoms with Gasteiger partial charge in [0, 0.05) is 5.92 Å². The molecule has 2 aliphatic carbocycles. The van der Waals surface area contributed by atoms with Gasteiger partial charge >= 0.3 is 0 Å². The summed E-state index contributed by atoms with van der Waals surface area (Å²) >= 11 is 0. The Bertz CT molecular complexity index is 1210. The van der Waals surface area contributed by atoms with Crippen molar-refractivity contribution in [2.45, 2.75) is 120 Å². The average molecular weight is 549 g/mol. The van der Waals surface area contributed by atoms with Crippen LogP contribution >= 0.6 is 0 Å². The van der Waals surface area contributed by atoms with Gasteiger partial charge in [-0.15, -0.1) is 0 Å². The third-order valence-corrected chi connectivity index (χ3v) is 9.72. The van der Waals surface area contributed by atoms with Gasteiger partial charge in [0.25, 0.3) is 0 Å². The number of ether oxygens (including phenoxy) is 1. The first-order chi connectivity index (χ1) is 18.5. The predicted molar refractivity (Wildman–Crippen MR) is 164 cm³/mol. The van der Waals surface area contributed by atoms with Crippen LogP contribution in [0.25, 0.3) is 0 Å². The molecule has 0 spiro atoms. The van der Waals surface area contributed by atoms with Gasteiger partial charge in [0.15, 0.2) is 22.8 Å². The molecule has 3 aliphatic rings. The van der Waals surface area contributed by atoms with Crippen molar-refractivity contribution in [2.75, 3.05) is 0 Å². The van der Waals surface area contributed by atoms with Crippen LogP contribution < -0.4 is 0 Å². The lowest BCUT2D eigenvalue weighted by atomic mass is 9.37. The number of carbonyl (C=O) groups is 3. The van der Waals surface area contributed by atoms with E-state index in [1.165, 1.54) is 11.1 Å². The second-order valence-electron chi connectivity index (χ2n) is 14.1. The summed E-state index contributed by atoms with van der Waals surface area (Å²) < 4.78 is 6.59. The third kappa shape index (κ3) is 5.16. The summed E-state index contributed by atoms with van der Waals surface area (Å²) in [4.78, 5) is 45.1. The zero-order chi connectivity index (χ0) is 30.3. The van der Waals surface area contributed by atoms with E-state index in [1.54, 1.807) is 0 Å². The summed E-state index contributed by atoms with van der Waals surface area (Å²) in [6.07, 6.45) is 13.8. The van der Waals surface area contributed by atoms with Gasteiger partial charge in [0.05, 0.1) is 11.0 Å². The lowest BCUT2D eigenvalue weighted by Crippen LogP contribution is -2.71. The maximum Gasteiger partial charge on any atom is 0.187 e. The van der Waals surface area contributed by atoms with Crippen LogP contribution in [0.15, 0.2) is 58.4 Å². The Morgan fingerprint density at radius 3 is 2.15 bits per heavy atom. The van der Waals surface area contributed by atoms with E-state index in [2.05, 4.69) is 52.8 Å². The van der Waals surface area contributed by atoms with Gasteiger partial charge in [0.2, 0.25) is 0 Å². The van der Waals surface area contributed by atoms with Crippen molar-refractivity contribution in [3.05, 3.63) is 58.4 Å². The quantitative estimate of drug-likeness (QED) is 0.202. The van der Waals surface area contributed by atoms with Crippen molar-refractivity contribution in [3.8, 4) is 0 Å². The Morgan fingerprint density at radius 1 is 1.00 bits per heavy atom. The molecule has 1 heterocycles. The first-order valence-corrected chi connectivity index (χ1v) is 15.2. The zero-order valence-corrected chi connectivity index (χ0v) is 26.9. The van der Waals surface area contributed by atoms with Crippen LogP contribution in [0.3, 0.4) is 0 Å². The van der Waals surface area contributed by atoms with Crippen LogP contribution in [0, 0.1) is 28.1 Å². The Kier molecular flexibility index (Phi) is 9.14. The third-order valence-electron chi connectivity index (χ3n) is 9.72. The number of allylic oxidation sites excluding steroid dienone is 9. The summed E-state index contributed by atoms with van der Waals surface area (Å²) in [5.74, 6) is -0.776. The van der Waals surface area contributed by atoms with Crippen LogP contribution in [-0.2, 0) is 19.1 Å². The van der Waals surface area contributed by atoms with Gasteiger partial charge in [-0.25, -0.2) is 0 Å². The topological polar surface area (TPSA) is 60.4 Å². The fraction of sp³-hybridized carbons (Fsp3) is 0.639. The van der Waals surface area contributed by atoms with Crippen LogP contribution in [0.4, 0.5) is 0 Å². The molecule has 1 unspecified atom stereocenters. The number of rotatable bonds is 10. The van der Waals surface area contributed by atoms with E-state index in [-0.39, 0.29) is 23.3 Å². The summed E-state index contributed by atoms with van der Waals surface area (Å²) in [6, 6.07) is 0. The number of carbonyl (C=O) groups excluding carboxylic acids is 3. The van der Waals surface area contributed by atoms with Gasteiger partial charge in [0.1, 0.15) is 11.4 Å². The number of ketones is 3. The molecule has 0 aromatic carbocycles. The van der Waals surface area contributed by atoms with E-state index in [1.807, 2.05) is 53.7 Å². The van der Waals surface area contributed by atoms with E-state index < -0.39 is 27.8 Å². The first kappa shape index (κ1) is 32.0. The Labute approximate surface area is 243 Å². The molecule has 0 amide bonds. The van der Waals surface area contributed by atoms with E-state index in [0.717, 1.165) is 5.57 Å². The number of hydrogen-bond acceptors (Lipinski definition) is 4. The van der Waals surface area contributed by atoms with Crippen molar-refractivity contribution < 1.29 is 19.1 Å². The highest BCUT2D eigenvalue weighted by Crippen LogP contribution is 2.68. The fourth-order valence-electron chi connectivity index (χ4n) is 7.15. The molecule has 5 atom stereocenters. The molecule has 1 aliphatic heterocycles. The van der Waals surface area contributed by atoms with E-state index in [4.69, 9.17) is 4.74 Å². The molecule has 0 aromatic rings. The Hall–Kier alpha value is -2.49.